The third-order valence-electron chi connectivity index (χ3n) is 4.19. The first kappa shape index (κ1) is 14.5. The van der Waals surface area contributed by atoms with Crippen LogP contribution in [-0.2, 0) is 22.6 Å². The summed E-state index contributed by atoms with van der Waals surface area (Å²) in [6.07, 6.45) is 6.16. The summed E-state index contributed by atoms with van der Waals surface area (Å²) in [5, 5.41) is 3.47. The average molecular weight is 292 g/mol. The zero-order valence-electron chi connectivity index (χ0n) is 12.8. The van der Waals surface area contributed by atoms with Gasteiger partial charge in [-0.15, -0.1) is 0 Å². The summed E-state index contributed by atoms with van der Waals surface area (Å²) in [4.78, 5) is 19.0. The van der Waals surface area contributed by atoms with Crippen molar-refractivity contribution in [3.8, 4) is 0 Å². The second kappa shape index (κ2) is 5.77. The number of carbonyl (C=O) groups is 1. The van der Waals surface area contributed by atoms with E-state index in [0.717, 1.165) is 38.3 Å². The van der Waals surface area contributed by atoms with Gasteiger partial charge in [0.15, 0.2) is 0 Å². The highest BCUT2D eigenvalue weighted by Crippen LogP contribution is 2.24. The molecular weight excluding hydrogens is 268 g/mol. The fourth-order valence-electron chi connectivity index (χ4n) is 2.94. The van der Waals surface area contributed by atoms with Crippen molar-refractivity contribution in [2.75, 3.05) is 19.7 Å². The van der Waals surface area contributed by atoms with Gasteiger partial charge in [-0.05, 0) is 26.7 Å². The molecule has 1 aliphatic carbocycles. The first-order valence-electron chi connectivity index (χ1n) is 7.78. The molecule has 3 rings (SSSR count). The summed E-state index contributed by atoms with van der Waals surface area (Å²) in [5.74, 6) is 0.921. The standard InChI is InChI=1S/C15H24N4O2/c1-3-21-14(20)15(2,17-12-4-5-12)11-18-8-9-19-7-6-16-13(19)10-18/h6-7,12,17H,3-5,8-11H2,1-2H3. The molecule has 1 unspecified atom stereocenters. The van der Waals surface area contributed by atoms with Gasteiger partial charge in [0.1, 0.15) is 11.4 Å². The van der Waals surface area contributed by atoms with Crippen molar-refractivity contribution in [2.24, 2.45) is 0 Å². The lowest BCUT2D eigenvalue weighted by atomic mass is 10.0. The van der Waals surface area contributed by atoms with Gasteiger partial charge < -0.3 is 9.30 Å². The van der Waals surface area contributed by atoms with E-state index in [1.165, 1.54) is 0 Å². The molecule has 1 fully saturated rings. The Bertz CT molecular complexity index is 512. The molecule has 0 amide bonds. The van der Waals surface area contributed by atoms with Gasteiger partial charge >= 0.3 is 5.97 Å². The van der Waals surface area contributed by atoms with Crippen molar-refractivity contribution in [3.05, 3.63) is 18.2 Å². The maximum absolute atomic E-state index is 12.4. The third-order valence-corrected chi connectivity index (χ3v) is 4.19. The van der Waals surface area contributed by atoms with Gasteiger partial charge in [0.2, 0.25) is 0 Å². The number of carbonyl (C=O) groups excluding carboxylic acids is 1. The number of hydrogen-bond donors (Lipinski definition) is 1. The lowest BCUT2D eigenvalue weighted by molar-refractivity contribution is -0.151. The Morgan fingerprint density at radius 1 is 1.52 bits per heavy atom. The van der Waals surface area contributed by atoms with E-state index in [1.54, 1.807) is 0 Å². The Balaban J connectivity index is 1.68. The summed E-state index contributed by atoms with van der Waals surface area (Å²) in [5.41, 5.74) is -0.633. The van der Waals surface area contributed by atoms with Crippen LogP contribution in [-0.4, -0.2) is 51.7 Å². The number of fused-ring (bicyclic) bond motifs is 1. The number of aromatic nitrogens is 2. The fourth-order valence-corrected chi connectivity index (χ4v) is 2.94. The van der Waals surface area contributed by atoms with Crippen LogP contribution in [0.4, 0.5) is 0 Å². The van der Waals surface area contributed by atoms with Crippen molar-refractivity contribution in [3.63, 3.8) is 0 Å². The molecule has 1 aromatic heterocycles. The molecule has 0 aromatic carbocycles. The van der Waals surface area contributed by atoms with Crippen LogP contribution in [0.1, 0.15) is 32.5 Å². The predicted octanol–water partition coefficient (Wildman–Crippen LogP) is 0.772. The summed E-state index contributed by atoms with van der Waals surface area (Å²) in [6.45, 7) is 7.55. The van der Waals surface area contributed by atoms with Crippen LogP contribution >= 0.6 is 0 Å². The number of nitrogens with zero attached hydrogens (tertiary/aromatic N) is 3. The number of hydrogen-bond acceptors (Lipinski definition) is 5. The summed E-state index contributed by atoms with van der Waals surface area (Å²) in [6, 6.07) is 0.464. The monoisotopic (exact) mass is 292 g/mol. The molecular formula is C15H24N4O2. The molecule has 6 nitrogen and oxygen atoms in total. The Labute approximate surface area is 125 Å². The maximum Gasteiger partial charge on any atom is 0.327 e. The van der Waals surface area contributed by atoms with Crippen molar-refractivity contribution in [2.45, 2.75) is 51.4 Å². The molecule has 2 heterocycles. The topological polar surface area (TPSA) is 59.4 Å². The summed E-state index contributed by atoms with van der Waals surface area (Å²) >= 11 is 0. The zero-order chi connectivity index (χ0) is 14.9. The maximum atomic E-state index is 12.4. The van der Waals surface area contributed by atoms with E-state index in [0.29, 0.717) is 19.2 Å². The van der Waals surface area contributed by atoms with Gasteiger partial charge in [-0.25, -0.2) is 4.98 Å². The van der Waals surface area contributed by atoms with Crippen LogP contribution in [0, 0.1) is 0 Å². The normalized spacial score (nSPS) is 21.6. The summed E-state index contributed by atoms with van der Waals surface area (Å²) < 4.78 is 7.46. The smallest absolute Gasteiger partial charge is 0.327 e. The molecule has 0 radical (unpaired) electrons. The highest BCUT2D eigenvalue weighted by molar-refractivity contribution is 5.80. The highest BCUT2D eigenvalue weighted by Gasteiger charge is 2.41. The van der Waals surface area contributed by atoms with E-state index in [1.807, 2.05) is 26.2 Å². The molecule has 0 saturated heterocycles. The third kappa shape index (κ3) is 3.27. The number of imidazole rings is 1. The molecule has 1 saturated carbocycles. The molecule has 1 aliphatic heterocycles. The largest absolute Gasteiger partial charge is 0.465 e. The molecule has 1 atom stereocenters. The molecule has 0 spiro atoms. The van der Waals surface area contributed by atoms with E-state index in [2.05, 4.69) is 19.8 Å². The lowest BCUT2D eigenvalue weighted by Gasteiger charge is -2.36. The minimum atomic E-state index is -0.633. The van der Waals surface area contributed by atoms with Crippen LogP contribution in [0.25, 0.3) is 0 Å². The van der Waals surface area contributed by atoms with E-state index in [9.17, 15) is 4.79 Å². The second-order valence-electron chi connectivity index (χ2n) is 6.22. The minimum Gasteiger partial charge on any atom is -0.465 e. The minimum absolute atomic E-state index is 0.147. The molecule has 2 aliphatic rings. The SMILES string of the molecule is CCOC(=O)C(C)(CN1CCn2ccnc2C1)NC1CC1. The van der Waals surface area contributed by atoms with E-state index in [4.69, 9.17) is 4.74 Å². The van der Waals surface area contributed by atoms with E-state index in [-0.39, 0.29) is 5.97 Å². The second-order valence-corrected chi connectivity index (χ2v) is 6.22. The van der Waals surface area contributed by atoms with Crippen LogP contribution in [0.5, 0.6) is 0 Å². The first-order chi connectivity index (χ1) is 10.1. The molecule has 1 aromatic rings. The quantitative estimate of drug-likeness (QED) is 0.785. The number of nitrogens with one attached hydrogen (secondary N) is 1. The molecule has 116 valence electrons. The van der Waals surface area contributed by atoms with Gasteiger partial charge in [-0.3, -0.25) is 15.0 Å². The van der Waals surface area contributed by atoms with Crippen LogP contribution < -0.4 is 5.32 Å². The zero-order valence-corrected chi connectivity index (χ0v) is 12.8. The Morgan fingerprint density at radius 2 is 2.33 bits per heavy atom. The highest BCUT2D eigenvalue weighted by atomic mass is 16.5. The van der Waals surface area contributed by atoms with Crippen LogP contribution in [0.15, 0.2) is 12.4 Å². The van der Waals surface area contributed by atoms with Crippen molar-refractivity contribution in [1.82, 2.24) is 19.8 Å². The number of ether oxygens (including phenoxy) is 1. The lowest BCUT2D eigenvalue weighted by Crippen LogP contribution is -2.59. The number of rotatable bonds is 6. The van der Waals surface area contributed by atoms with Crippen molar-refractivity contribution < 1.29 is 9.53 Å². The van der Waals surface area contributed by atoms with E-state index >= 15 is 0 Å². The predicted molar refractivity (Wildman–Crippen MR) is 78.7 cm³/mol. The molecule has 6 heteroatoms. The van der Waals surface area contributed by atoms with Gasteiger partial charge in [0, 0.05) is 38.1 Å². The Kier molecular flexibility index (Phi) is 3.99. The average Bonchev–Trinajstić information content (AvgIpc) is 3.13. The molecule has 1 N–H and O–H groups in total. The van der Waals surface area contributed by atoms with Gasteiger partial charge in [0.25, 0.3) is 0 Å². The van der Waals surface area contributed by atoms with Crippen LogP contribution in [0.2, 0.25) is 0 Å². The van der Waals surface area contributed by atoms with Crippen LogP contribution in [0.3, 0.4) is 0 Å². The fraction of sp³-hybridized carbons (Fsp3) is 0.733. The Morgan fingerprint density at radius 3 is 3.05 bits per heavy atom. The van der Waals surface area contributed by atoms with Gasteiger partial charge in [-0.2, -0.15) is 0 Å². The molecule has 21 heavy (non-hydrogen) atoms. The van der Waals surface area contributed by atoms with Gasteiger partial charge in [0.05, 0.1) is 13.2 Å². The van der Waals surface area contributed by atoms with Gasteiger partial charge in [-0.1, -0.05) is 0 Å². The molecule has 0 bridgehead atoms. The Hall–Kier alpha value is -1.40. The van der Waals surface area contributed by atoms with Crippen molar-refractivity contribution >= 4 is 5.97 Å². The number of esters is 1. The first-order valence-corrected chi connectivity index (χ1v) is 7.78. The van der Waals surface area contributed by atoms with Crippen molar-refractivity contribution in [1.29, 1.82) is 0 Å². The summed E-state index contributed by atoms with van der Waals surface area (Å²) in [7, 11) is 0. The van der Waals surface area contributed by atoms with E-state index < -0.39 is 5.54 Å².